The Morgan fingerprint density at radius 3 is 2.60 bits per heavy atom. The molecular formula is C15H21ClO3S. The highest BCUT2D eigenvalue weighted by atomic mass is 35.5. The molecule has 1 aromatic carbocycles. The molecule has 0 aliphatic carbocycles. The number of benzene rings is 1. The lowest BCUT2D eigenvalue weighted by Crippen LogP contribution is -2.15. The van der Waals surface area contributed by atoms with E-state index in [0.29, 0.717) is 23.8 Å². The topological polar surface area (TPSA) is 43.4 Å². The number of hydrogen-bond acceptors (Lipinski definition) is 3. The molecule has 0 amide bonds. The lowest BCUT2D eigenvalue weighted by molar-refractivity contribution is 0.263. The average Bonchev–Trinajstić information content (AvgIpc) is 2.66. The summed E-state index contributed by atoms with van der Waals surface area (Å²) < 4.78 is 28.6. The van der Waals surface area contributed by atoms with Crippen molar-refractivity contribution in [3.63, 3.8) is 0 Å². The van der Waals surface area contributed by atoms with Crippen LogP contribution in [0.4, 0.5) is 0 Å². The van der Waals surface area contributed by atoms with Crippen LogP contribution in [0.25, 0.3) is 0 Å². The lowest BCUT2D eigenvalue weighted by Gasteiger charge is -2.22. The molecule has 1 aliphatic heterocycles. The maximum atomic E-state index is 11.4. The third-order valence-electron chi connectivity index (χ3n) is 3.57. The smallest absolute Gasteiger partial charge is 0.150 e. The van der Waals surface area contributed by atoms with Crippen LogP contribution in [0.15, 0.2) is 18.2 Å². The van der Waals surface area contributed by atoms with E-state index in [9.17, 15) is 8.42 Å². The van der Waals surface area contributed by atoms with E-state index in [1.807, 2.05) is 18.2 Å². The van der Waals surface area contributed by atoms with Gasteiger partial charge in [0, 0.05) is 5.92 Å². The van der Waals surface area contributed by atoms with Gasteiger partial charge in [-0.05, 0) is 23.5 Å². The first-order valence-electron chi connectivity index (χ1n) is 6.81. The van der Waals surface area contributed by atoms with Crippen molar-refractivity contribution in [3.8, 4) is 5.75 Å². The van der Waals surface area contributed by atoms with E-state index in [1.165, 1.54) is 0 Å². The number of halogens is 1. The van der Waals surface area contributed by atoms with Gasteiger partial charge in [0.15, 0.2) is 9.84 Å². The number of sulfone groups is 1. The van der Waals surface area contributed by atoms with Gasteiger partial charge in [0.05, 0.1) is 23.1 Å². The SMILES string of the molecule is CC(C)(C)c1cccc(OCC2CCS(=O)(=O)C2)c1Cl. The molecule has 1 aromatic rings. The molecule has 1 saturated heterocycles. The third-order valence-corrected chi connectivity index (χ3v) is 5.80. The minimum Gasteiger partial charge on any atom is -0.492 e. The van der Waals surface area contributed by atoms with Gasteiger partial charge in [-0.1, -0.05) is 44.5 Å². The molecule has 0 radical (unpaired) electrons. The average molecular weight is 317 g/mol. The molecule has 1 atom stereocenters. The van der Waals surface area contributed by atoms with Gasteiger partial charge in [-0.3, -0.25) is 0 Å². The second-order valence-electron chi connectivity index (χ2n) is 6.45. The molecule has 0 N–H and O–H groups in total. The van der Waals surface area contributed by atoms with E-state index in [2.05, 4.69) is 20.8 Å². The highest BCUT2D eigenvalue weighted by Crippen LogP contribution is 2.36. The van der Waals surface area contributed by atoms with Crippen LogP contribution in [0.5, 0.6) is 5.75 Å². The van der Waals surface area contributed by atoms with Crippen molar-refractivity contribution < 1.29 is 13.2 Å². The van der Waals surface area contributed by atoms with Crippen molar-refractivity contribution in [2.75, 3.05) is 18.1 Å². The molecule has 1 fully saturated rings. The Morgan fingerprint density at radius 2 is 2.05 bits per heavy atom. The van der Waals surface area contributed by atoms with Crippen LogP contribution in [0.1, 0.15) is 32.8 Å². The first-order valence-corrected chi connectivity index (χ1v) is 9.01. The van der Waals surface area contributed by atoms with Crippen LogP contribution in [-0.4, -0.2) is 26.5 Å². The Bertz CT molecular complexity index is 588. The molecule has 2 rings (SSSR count). The summed E-state index contributed by atoms with van der Waals surface area (Å²) in [6, 6.07) is 5.75. The van der Waals surface area contributed by atoms with Crippen LogP contribution < -0.4 is 4.74 Å². The molecule has 1 aliphatic rings. The van der Waals surface area contributed by atoms with Gasteiger partial charge < -0.3 is 4.74 Å². The molecule has 5 heteroatoms. The summed E-state index contributed by atoms with van der Waals surface area (Å²) >= 11 is 6.39. The Labute approximate surface area is 126 Å². The predicted molar refractivity (Wildman–Crippen MR) is 82.4 cm³/mol. The van der Waals surface area contributed by atoms with E-state index in [-0.39, 0.29) is 22.8 Å². The molecule has 0 bridgehead atoms. The highest BCUT2D eigenvalue weighted by Gasteiger charge is 2.28. The van der Waals surface area contributed by atoms with Crippen LogP contribution in [0, 0.1) is 5.92 Å². The summed E-state index contributed by atoms with van der Waals surface area (Å²) in [4.78, 5) is 0. The summed E-state index contributed by atoms with van der Waals surface area (Å²) in [6.45, 7) is 6.71. The van der Waals surface area contributed by atoms with Gasteiger partial charge in [0.25, 0.3) is 0 Å². The van der Waals surface area contributed by atoms with Gasteiger partial charge in [0.1, 0.15) is 5.75 Å². The van der Waals surface area contributed by atoms with Crippen LogP contribution in [0.2, 0.25) is 5.02 Å². The van der Waals surface area contributed by atoms with E-state index >= 15 is 0 Å². The first kappa shape index (κ1) is 15.6. The van der Waals surface area contributed by atoms with Gasteiger partial charge in [-0.25, -0.2) is 8.42 Å². The van der Waals surface area contributed by atoms with Crippen molar-refractivity contribution in [1.82, 2.24) is 0 Å². The minimum absolute atomic E-state index is 0.0485. The molecular weight excluding hydrogens is 296 g/mol. The normalized spacial score (nSPS) is 21.9. The van der Waals surface area contributed by atoms with Gasteiger partial charge in [0.2, 0.25) is 0 Å². The zero-order valence-corrected chi connectivity index (χ0v) is 13.7. The Balaban J connectivity index is 2.08. The monoisotopic (exact) mass is 316 g/mol. The zero-order valence-electron chi connectivity index (χ0n) is 12.1. The van der Waals surface area contributed by atoms with Crippen molar-refractivity contribution in [2.24, 2.45) is 5.92 Å². The van der Waals surface area contributed by atoms with Crippen LogP contribution in [-0.2, 0) is 15.3 Å². The summed E-state index contributed by atoms with van der Waals surface area (Å²) in [5, 5.41) is 0.626. The van der Waals surface area contributed by atoms with E-state index in [0.717, 1.165) is 5.56 Å². The van der Waals surface area contributed by atoms with Gasteiger partial charge in [-0.2, -0.15) is 0 Å². The quantitative estimate of drug-likeness (QED) is 0.858. The second kappa shape index (κ2) is 5.57. The second-order valence-corrected chi connectivity index (χ2v) is 9.05. The molecule has 1 unspecified atom stereocenters. The van der Waals surface area contributed by atoms with E-state index in [4.69, 9.17) is 16.3 Å². The van der Waals surface area contributed by atoms with Crippen LogP contribution >= 0.6 is 11.6 Å². The number of hydrogen-bond donors (Lipinski definition) is 0. The number of rotatable bonds is 3. The van der Waals surface area contributed by atoms with Gasteiger partial charge >= 0.3 is 0 Å². The summed E-state index contributed by atoms with van der Waals surface area (Å²) in [7, 11) is -2.85. The molecule has 112 valence electrons. The maximum absolute atomic E-state index is 11.4. The molecule has 0 spiro atoms. The predicted octanol–water partition coefficient (Wildman–Crippen LogP) is 3.45. The third kappa shape index (κ3) is 3.67. The summed E-state index contributed by atoms with van der Waals surface area (Å²) in [5.74, 6) is 1.22. The number of ether oxygens (including phenoxy) is 1. The molecule has 0 saturated carbocycles. The Morgan fingerprint density at radius 1 is 1.35 bits per heavy atom. The van der Waals surface area contributed by atoms with E-state index < -0.39 is 9.84 Å². The molecule has 20 heavy (non-hydrogen) atoms. The fourth-order valence-electron chi connectivity index (χ4n) is 2.41. The summed E-state index contributed by atoms with van der Waals surface area (Å²) in [5.41, 5.74) is 0.989. The largest absolute Gasteiger partial charge is 0.492 e. The summed E-state index contributed by atoms with van der Waals surface area (Å²) in [6.07, 6.45) is 0.679. The van der Waals surface area contributed by atoms with Crippen molar-refractivity contribution in [2.45, 2.75) is 32.6 Å². The molecule has 1 heterocycles. The molecule has 0 aromatic heterocycles. The Kier molecular flexibility index (Phi) is 4.35. The first-order chi connectivity index (χ1) is 9.19. The van der Waals surface area contributed by atoms with Gasteiger partial charge in [-0.15, -0.1) is 0 Å². The molecule has 3 nitrogen and oxygen atoms in total. The van der Waals surface area contributed by atoms with E-state index in [1.54, 1.807) is 0 Å². The van der Waals surface area contributed by atoms with Crippen molar-refractivity contribution in [1.29, 1.82) is 0 Å². The fourth-order valence-corrected chi connectivity index (χ4v) is 4.72. The highest BCUT2D eigenvalue weighted by molar-refractivity contribution is 7.91. The minimum atomic E-state index is -2.85. The fraction of sp³-hybridized carbons (Fsp3) is 0.600. The Hall–Kier alpha value is -0.740. The maximum Gasteiger partial charge on any atom is 0.150 e. The standard InChI is InChI=1S/C15H21ClO3S/c1-15(2,3)12-5-4-6-13(14(12)16)19-9-11-7-8-20(17,18)10-11/h4-6,11H,7-10H2,1-3H3. The lowest BCUT2D eigenvalue weighted by atomic mass is 9.87. The van der Waals surface area contributed by atoms with Crippen LogP contribution in [0.3, 0.4) is 0 Å². The van der Waals surface area contributed by atoms with Crippen molar-refractivity contribution >= 4 is 21.4 Å². The van der Waals surface area contributed by atoms with Crippen molar-refractivity contribution in [3.05, 3.63) is 28.8 Å². The zero-order chi connectivity index (χ0) is 15.0.